The third kappa shape index (κ3) is 2.66. The van der Waals surface area contributed by atoms with Gasteiger partial charge in [0.15, 0.2) is 0 Å². The normalized spacial score (nSPS) is 19.5. The van der Waals surface area contributed by atoms with Crippen LogP contribution in [0, 0.1) is 13.8 Å². The Kier molecular flexibility index (Phi) is 4.02. The minimum Gasteiger partial charge on any atom is -0.261 e. The van der Waals surface area contributed by atoms with Crippen LogP contribution in [-0.4, -0.2) is 24.3 Å². The Morgan fingerprint density at radius 1 is 1.14 bits per heavy atom. The molecule has 0 saturated carbocycles. The van der Waals surface area contributed by atoms with Crippen molar-refractivity contribution in [3.8, 4) is 0 Å². The second-order valence-corrected chi connectivity index (χ2v) is 7.66. The Morgan fingerprint density at radius 2 is 1.86 bits per heavy atom. The molecule has 0 bridgehead atoms. The first kappa shape index (κ1) is 15.2. The fourth-order valence-electron chi connectivity index (χ4n) is 3.03. The Morgan fingerprint density at radius 3 is 2.55 bits per heavy atom. The summed E-state index contributed by atoms with van der Waals surface area (Å²) < 4.78 is 27.5. The second-order valence-electron chi connectivity index (χ2n) is 5.76. The van der Waals surface area contributed by atoms with E-state index >= 15 is 0 Å². The quantitative estimate of drug-likeness (QED) is 0.873. The molecular weight excluding hydrogens is 296 g/mol. The van der Waals surface area contributed by atoms with Gasteiger partial charge < -0.3 is 0 Å². The molecule has 5 heteroatoms. The summed E-state index contributed by atoms with van der Waals surface area (Å²) in [4.78, 5) is 4.67. The molecule has 0 N–H and O–H groups in total. The van der Waals surface area contributed by atoms with Crippen LogP contribution in [0.1, 0.15) is 35.7 Å². The van der Waals surface area contributed by atoms with Crippen molar-refractivity contribution in [2.45, 2.75) is 37.6 Å². The van der Waals surface area contributed by atoms with Crippen LogP contribution in [0.4, 0.5) is 0 Å². The predicted molar refractivity (Wildman–Crippen MR) is 86.0 cm³/mol. The molecule has 1 atom stereocenters. The van der Waals surface area contributed by atoms with Gasteiger partial charge in [0.25, 0.3) is 0 Å². The Bertz CT molecular complexity index is 770. The molecule has 0 amide bonds. The topological polar surface area (TPSA) is 50.3 Å². The zero-order valence-corrected chi connectivity index (χ0v) is 13.7. The maximum absolute atomic E-state index is 12.9. The van der Waals surface area contributed by atoms with Crippen LogP contribution < -0.4 is 0 Å². The number of hydrogen-bond acceptors (Lipinski definition) is 3. The van der Waals surface area contributed by atoms with Gasteiger partial charge in [-0.15, -0.1) is 0 Å². The van der Waals surface area contributed by atoms with Gasteiger partial charge >= 0.3 is 0 Å². The molecule has 0 spiro atoms. The first-order chi connectivity index (χ1) is 10.5. The van der Waals surface area contributed by atoms with Gasteiger partial charge in [-0.25, -0.2) is 8.42 Å². The highest BCUT2D eigenvalue weighted by atomic mass is 32.2. The lowest BCUT2D eigenvalue weighted by Gasteiger charge is -2.25. The smallest absolute Gasteiger partial charge is 0.243 e. The molecule has 2 aromatic rings. The Labute approximate surface area is 131 Å². The summed E-state index contributed by atoms with van der Waals surface area (Å²) >= 11 is 0. The van der Waals surface area contributed by atoms with Gasteiger partial charge in [0.05, 0.1) is 10.9 Å². The number of hydrogen-bond donors (Lipinski definition) is 0. The Hall–Kier alpha value is -1.72. The molecular formula is C17H20N2O2S. The molecule has 116 valence electrons. The van der Waals surface area contributed by atoms with Crippen molar-refractivity contribution in [1.82, 2.24) is 9.29 Å². The van der Waals surface area contributed by atoms with E-state index in [1.807, 2.05) is 38.1 Å². The molecule has 1 fully saturated rings. The first-order valence-corrected chi connectivity index (χ1v) is 8.94. The summed E-state index contributed by atoms with van der Waals surface area (Å²) in [5, 5.41) is 0. The van der Waals surface area contributed by atoms with E-state index in [-0.39, 0.29) is 6.04 Å². The number of rotatable bonds is 3. The molecule has 1 aromatic heterocycles. The standard InChI is InChI=1S/C17H20N2O2S/c1-13-7-9-15(10-8-13)22(20,21)19-12-4-6-17(19)16-5-3-11-18-14(16)2/h3,5,7-11,17H,4,6,12H2,1-2H3/t17-/m0/s1. The van der Waals surface area contributed by atoms with Crippen LogP contribution in [0.5, 0.6) is 0 Å². The third-order valence-electron chi connectivity index (χ3n) is 4.24. The van der Waals surface area contributed by atoms with E-state index in [1.165, 1.54) is 0 Å². The lowest BCUT2D eigenvalue weighted by molar-refractivity contribution is 0.395. The van der Waals surface area contributed by atoms with Crippen molar-refractivity contribution in [3.63, 3.8) is 0 Å². The van der Waals surface area contributed by atoms with Gasteiger partial charge in [-0.3, -0.25) is 4.98 Å². The summed E-state index contributed by atoms with van der Waals surface area (Å²) in [6, 6.07) is 10.8. The van der Waals surface area contributed by atoms with Crippen molar-refractivity contribution in [3.05, 3.63) is 59.4 Å². The Balaban J connectivity index is 1.99. The number of aryl methyl sites for hydroxylation is 2. The first-order valence-electron chi connectivity index (χ1n) is 7.50. The molecule has 0 radical (unpaired) electrons. The van der Waals surface area contributed by atoms with Crippen LogP contribution in [-0.2, 0) is 10.0 Å². The average molecular weight is 316 g/mol. The summed E-state index contributed by atoms with van der Waals surface area (Å²) in [7, 11) is -3.46. The highest BCUT2D eigenvalue weighted by Gasteiger charge is 2.36. The van der Waals surface area contributed by atoms with E-state index in [4.69, 9.17) is 0 Å². The van der Waals surface area contributed by atoms with E-state index in [2.05, 4.69) is 4.98 Å². The van der Waals surface area contributed by atoms with Crippen LogP contribution in [0.2, 0.25) is 0 Å². The lowest BCUT2D eigenvalue weighted by atomic mass is 10.0. The van der Waals surface area contributed by atoms with Crippen molar-refractivity contribution in [2.24, 2.45) is 0 Å². The average Bonchev–Trinajstić information content (AvgIpc) is 2.98. The zero-order chi connectivity index (χ0) is 15.7. The van der Waals surface area contributed by atoms with Crippen LogP contribution in [0.3, 0.4) is 0 Å². The molecule has 1 aromatic carbocycles. The molecule has 4 nitrogen and oxygen atoms in total. The highest BCUT2D eigenvalue weighted by molar-refractivity contribution is 7.89. The predicted octanol–water partition coefficient (Wildman–Crippen LogP) is 3.22. The lowest BCUT2D eigenvalue weighted by Crippen LogP contribution is -2.31. The van der Waals surface area contributed by atoms with E-state index in [9.17, 15) is 8.42 Å². The SMILES string of the molecule is Cc1ccc(S(=O)(=O)N2CCC[C@H]2c2cccnc2C)cc1. The highest BCUT2D eigenvalue weighted by Crippen LogP contribution is 2.37. The van der Waals surface area contributed by atoms with E-state index in [1.54, 1.807) is 22.6 Å². The number of benzene rings is 1. The molecule has 22 heavy (non-hydrogen) atoms. The largest absolute Gasteiger partial charge is 0.261 e. The van der Waals surface area contributed by atoms with Gasteiger partial charge in [-0.05, 0) is 50.5 Å². The molecule has 1 aliphatic heterocycles. The fraction of sp³-hybridized carbons (Fsp3) is 0.353. The molecule has 1 aliphatic rings. The van der Waals surface area contributed by atoms with Gasteiger partial charge in [-0.1, -0.05) is 23.8 Å². The van der Waals surface area contributed by atoms with Crippen molar-refractivity contribution < 1.29 is 8.42 Å². The number of sulfonamides is 1. The van der Waals surface area contributed by atoms with Crippen molar-refractivity contribution in [1.29, 1.82) is 0 Å². The van der Waals surface area contributed by atoms with Gasteiger partial charge in [0.1, 0.15) is 0 Å². The van der Waals surface area contributed by atoms with Gasteiger partial charge in [-0.2, -0.15) is 4.31 Å². The zero-order valence-electron chi connectivity index (χ0n) is 12.9. The van der Waals surface area contributed by atoms with Crippen molar-refractivity contribution >= 4 is 10.0 Å². The monoisotopic (exact) mass is 316 g/mol. The molecule has 1 saturated heterocycles. The number of aromatic nitrogens is 1. The van der Waals surface area contributed by atoms with E-state index in [0.717, 1.165) is 29.7 Å². The van der Waals surface area contributed by atoms with E-state index in [0.29, 0.717) is 11.4 Å². The number of nitrogens with zero attached hydrogens (tertiary/aromatic N) is 2. The maximum Gasteiger partial charge on any atom is 0.243 e. The summed E-state index contributed by atoms with van der Waals surface area (Å²) in [5.41, 5.74) is 2.97. The van der Waals surface area contributed by atoms with Crippen LogP contribution in [0.25, 0.3) is 0 Å². The molecule has 0 aliphatic carbocycles. The van der Waals surface area contributed by atoms with Gasteiger partial charge in [0, 0.05) is 18.4 Å². The number of pyridine rings is 1. The van der Waals surface area contributed by atoms with E-state index < -0.39 is 10.0 Å². The molecule has 0 unspecified atom stereocenters. The molecule has 3 rings (SSSR count). The summed E-state index contributed by atoms with van der Waals surface area (Å²) in [6.45, 7) is 4.45. The van der Waals surface area contributed by atoms with Crippen molar-refractivity contribution in [2.75, 3.05) is 6.54 Å². The maximum atomic E-state index is 12.9. The third-order valence-corrected chi connectivity index (χ3v) is 6.16. The minimum absolute atomic E-state index is 0.111. The summed E-state index contributed by atoms with van der Waals surface area (Å²) in [5.74, 6) is 0. The van der Waals surface area contributed by atoms with Gasteiger partial charge in [0.2, 0.25) is 10.0 Å². The second kappa shape index (κ2) is 5.82. The van der Waals surface area contributed by atoms with Crippen LogP contribution in [0.15, 0.2) is 47.5 Å². The fourth-order valence-corrected chi connectivity index (χ4v) is 4.71. The summed E-state index contributed by atoms with van der Waals surface area (Å²) in [6.07, 6.45) is 3.47. The molecule has 2 heterocycles. The van der Waals surface area contributed by atoms with Crippen LogP contribution >= 0.6 is 0 Å². The minimum atomic E-state index is -3.46.